The molecule has 0 aromatic carbocycles. The number of hydrogen-bond acceptors (Lipinski definition) is 3. The number of ether oxygens (including phenoxy) is 1. The molecule has 3 heteroatoms. The van der Waals surface area contributed by atoms with Crippen molar-refractivity contribution in [2.45, 2.75) is 25.3 Å². The second kappa shape index (κ2) is 4.91. The third kappa shape index (κ3) is 2.80. The van der Waals surface area contributed by atoms with E-state index in [0.29, 0.717) is 0 Å². The molecule has 2 aliphatic heterocycles. The Morgan fingerprint density at radius 2 is 2.21 bits per heavy atom. The maximum absolute atomic E-state index is 5.87. The van der Waals surface area contributed by atoms with E-state index in [9.17, 15) is 0 Å². The summed E-state index contributed by atoms with van der Waals surface area (Å²) in [7, 11) is 0. The molecule has 0 aromatic heterocycles. The minimum Gasteiger partial charge on any atom is -0.381 e. The molecule has 0 aromatic rings. The second-order valence-electron chi connectivity index (χ2n) is 4.38. The first-order valence-electron chi connectivity index (χ1n) is 5.58. The lowest BCUT2D eigenvalue weighted by atomic mass is 9.90. The van der Waals surface area contributed by atoms with E-state index in [2.05, 4.69) is 11.4 Å². The summed E-state index contributed by atoms with van der Waals surface area (Å²) < 4.78 is 5.35. The molecule has 2 rings (SSSR count). The van der Waals surface area contributed by atoms with Gasteiger partial charge in [-0.1, -0.05) is 11.6 Å². The van der Waals surface area contributed by atoms with Crippen LogP contribution < -0.4 is 11.1 Å². The Morgan fingerprint density at radius 3 is 2.93 bits per heavy atom. The number of rotatable bonds is 2. The third-order valence-electron chi connectivity index (χ3n) is 3.07. The summed E-state index contributed by atoms with van der Waals surface area (Å²) in [5.41, 5.74) is 7.36. The smallest absolute Gasteiger partial charge is 0.0468 e. The van der Waals surface area contributed by atoms with E-state index < -0.39 is 0 Å². The summed E-state index contributed by atoms with van der Waals surface area (Å²) in [6, 6.07) is 0.221. The molecule has 0 radical (unpaired) electrons. The Labute approximate surface area is 85.7 Å². The minimum absolute atomic E-state index is 0.221. The van der Waals surface area contributed by atoms with Gasteiger partial charge in [-0.05, 0) is 25.2 Å². The van der Waals surface area contributed by atoms with Crippen LogP contribution in [0.2, 0.25) is 0 Å². The highest BCUT2D eigenvalue weighted by Crippen LogP contribution is 2.23. The van der Waals surface area contributed by atoms with Crippen molar-refractivity contribution in [1.82, 2.24) is 5.32 Å². The Hall–Kier alpha value is -0.380. The molecule has 1 unspecified atom stereocenters. The summed E-state index contributed by atoms with van der Waals surface area (Å²) in [6.07, 6.45) is 5.88. The van der Waals surface area contributed by atoms with Crippen molar-refractivity contribution in [1.29, 1.82) is 0 Å². The van der Waals surface area contributed by atoms with Crippen LogP contribution in [0.3, 0.4) is 0 Å². The second-order valence-corrected chi connectivity index (χ2v) is 4.38. The van der Waals surface area contributed by atoms with Gasteiger partial charge in [0.25, 0.3) is 0 Å². The van der Waals surface area contributed by atoms with E-state index in [-0.39, 0.29) is 6.04 Å². The molecule has 2 heterocycles. The van der Waals surface area contributed by atoms with E-state index in [0.717, 1.165) is 32.2 Å². The van der Waals surface area contributed by atoms with Gasteiger partial charge in [0, 0.05) is 32.3 Å². The lowest BCUT2D eigenvalue weighted by Gasteiger charge is -2.26. The molecular formula is C11H20N2O. The zero-order chi connectivity index (χ0) is 9.80. The molecule has 0 saturated carbocycles. The summed E-state index contributed by atoms with van der Waals surface area (Å²) in [5, 5.41) is 3.35. The van der Waals surface area contributed by atoms with E-state index in [1.165, 1.54) is 24.8 Å². The monoisotopic (exact) mass is 196 g/mol. The van der Waals surface area contributed by atoms with E-state index in [4.69, 9.17) is 10.5 Å². The van der Waals surface area contributed by atoms with Gasteiger partial charge in [0.15, 0.2) is 0 Å². The highest BCUT2D eigenvalue weighted by atomic mass is 16.5. The number of nitrogens with one attached hydrogen (secondary N) is 1. The predicted molar refractivity (Wildman–Crippen MR) is 57.1 cm³/mol. The Bertz CT molecular complexity index is 209. The van der Waals surface area contributed by atoms with Crippen LogP contribution in [-0.2, 0) is 4.74 Å². The highest BCUT2D eigenvalue weighted by Gasteiger charge is 2.17. The minimum atomic E-state index is 0.221. The summed E-state index contributed by atoms with van der Waals surface area (Å²) in [4.78, 5) is 0. The van der Waals surface area contributed by atoms with Crippen molar-refractivity contribution in [2.24, 2.45) is 11.7 Å². The average molecular weight is 196 g/mol. The van der Waals surface area contributed by atoms with E-state index >= 15 is 0 Å². The zero-order valence-electron chi connectivity index (χ0n) is 8.67. The molecule has 1 saturated heterocycles. The van der Waals surface area contributed by atoms with Crippen LogP contribution in [-0.4, -0.2) is 32.3 Å². The van der Waals surface area contributed by atoms with Gasteiger partial charge < -0.3 is 15.8 Å². The van der Waals surface area contributed by atoms with Crippen LogP contribution in [0.1, 0.15) is 19.3 Å². The standard InChI is InChI=1S/C11H20N2O/c12-11-6-10(7-13-8-11)5-9-1-3-14-4-2-9/h6,9,11,13H,1-5,7-8,12H2. The number of hydrogen-bond donors (Lipinski definition) is 2. The Kier molecular flexibility index (Phi) is 3.56. The van der Waals surface area contributed by atoms with Crippen LogP contribution in [0.15, 0.2) is 11.6 Å². The van der Waals surface area contributed by atoms with Crippen molar-refractivity contribution in [3.8, 4) is 0 Å². The highest BCUT2D eigenvalue weighted by molar-refractivity contribution is 5.13. The maximum Gasteiger partial charge on any atom is 0.0468 e. The lowest BCUT2D eigenvalue weighted by molar-refractivity contribution is 0.0663. The van der Waals surface area contributed by atoms with Crippen LogP contribution >= 0.6 is 0 Å². The largest absolute Gasteiger partial charge is 0.381 e. The lowest BCUT2D eigenvalue weighted by Crippen LogP contribution is -2.38. The Morgan fingerprint density at radius 1 is 1.43 bits per heavy atom. The maximum atomic E-state index is 5.87. The quantitative estimate of drug-likeness (QED) is 0.638. The molecule has 1 fully saturated rings. The summed E-state index contributed by atoms with van der Waals surface area (Å²) >= 11 is 0. The van der Waals surface area contributed by atoms with Gasteiger partial charge in [-0.15, -0.1) is 0 Å². The molecular weight excluding hydrogens is 176 g/mol. The summed E-state index contributed by atoms with van der Waals surface area (Å²) in [6.45, 7) is 3.84. The molecule has 3 nitrogen and oxygen atoms in total. The van der Waals surface area contributed by atoms with Crippen molar-refractivity contribution in [2.75, 3.05) is 26.3 Å². The first-order valence-corrected chi connectivity index (χ1v) is 5.58. The topological polar surface area (TPSA) is 47.3 Å². The third-order valence-corrected chi connectivity index (χ3v) is 3.07. The Balaban J connectivity index is 1.83. The molecule has 3 N–H and O–H groups in total. The van der Waals surface area contributed by atoms with Crippen LogP contribution in [0, 0.1) is 5.92 Å². The van der Waals surface area contributed by atoms with Gasteiger partial charge >= 0.3 is 0 Å². The van der Waals surface area contributed by atoms with Crippen molar-refractivity contribution < 1.29 is 4.74 Å². The van der Waals surface area contributed by atoms with Gasteiger partial charge in [-0.2, -0.15) is 0 Å². The molecule has 80 valence electrons. The van der Waals surface area contributed by atoms with Crippen LogP contribution in [0.4, 0.5) is 0 Å². The van der Waals surface area contributed by atoms with Gasteiger partial charge in [0.2, 0.25) is 0 Å². The normalized spacial score (nSPS) is 30.1. The molecule has 2 aliphatic rings. The molecule has 0 amide bonds. The van der Waals surface area contributed by atoms with E-state index in [1.807, 2.05) is 0 Å². The van der Waals surface area contributed by atoms with Gasteiger partial charge in [-0.3, -0.25) is 0 Å². The van der Waals surface area contributed by atoms with Crippen LogP contribution in [0.5, 0.6) is 0 Å². The molecule has 0 aliphatic carbocycles. The van der Waals surface area contributed by atoms with E-state index in [1.54, 1.807) is 0 Å². The molecule has 14 heavy (non-hydrogen) atoms. The summed E-state index contributed by atoms with van der Waals surface area (Å²) in [5.74, 6) is 0.821. The van der Waals surface area contributed by atoms with Gasteiger partial charge in [0.05, 0.1) is 0 Å². The fourth-order valence-electron chi connectivity index (χ4n) is 2.28. The molecule has 0 spiro atoms. The van der Waals surface area contributed by atoms with Crippen molar-refractivity contribution in [3.05, 3.63) is 11.6 Å². The van der Waals surface area contributed by atoms with Crippen molar-refractivity contribution >= 4 is 0 Å². The fraction of sp³-hybridized carbons (Fsp3) is 0.818. The first kappa shape index (κ1) is 10.1. The number of nitrogens with two attached hydrogens (primary N) is 1. The molecule has 0 bridgehead atoms. The van der Waals surface area contributed by atoms with Gasteiger partial charge in [0.1, 0.15) is 0 Å². The fourth-order valence-corrected chi connectivity index (χ4v) is 2.28. The van der Waals surface area contributed by atoms with Gasteiger partial charge in [-0.25, -0.2) is 0 Å². The average Bonchev–Trinajstić information content (AvgIpc) is 2.19. The predicted octanol–water partition coefficient (Wildman–Crippen LogP) is 0.660. The molecule has 1 atom stereocenters. The first-order chi connectivity index (χ1) is 6.84. The van der Waals surface area contributed by atoms with Crippen molar-refractivity contribution in [3.63, 3.8) is 0 Å². The zero-order valence-corrected chi connectivity index (χ0v) is 8.67. The van der Waals surface area contributed by atoms with Crippen LogP contribution in [0.25, 0.3) is 0 Å². The SMILES string of the molecule is NC1C=C(CC2CCOCC2)CNC1.